The molecule has 21 heavy (non-hydrogen) atoms. The van der Waals surface area contributed by atoms with Crippen molar-refractivity contribution in [3.8, 4) is 22.6 Å². The van der Waals surface area contributed by atoms with E-state index in [1.807, 2.05) is 36.4 Å². The van der Waals surface area contributed by atoms with E-state index in [4.69, 9.17) is 23.2 Å². The molecule has 3 aromatic rings. The number of benzene rings is 2. The Hall–Kier alpha value is -1.98. The van der Waals surface area contributed by atoms with Crippen molar-refractivity contribution >= 4 is 33.3 Å². The largest absolute Gasteiger partial charge is 0.382 e. The molecule has 0 radical (unpaired) electrons. The lowest BCUT2D eigenvalue weighted by Crippen LogP contribution is -2.13. The van der Waals surface area contributed by atoms with Crippen molar-refractivity contribution in [2.75, 3.05) is 11.6 Å². The fraction of sp³-hybridized carbons (Fsp3) is 0. The highest BCUT2D eigenvalue weighted by molar-refractivity contribution is 9.10. The van der Waals surface area contributed by atoms with Gasteiger partial charge in [-0.15, -0.1) is 0 Å². The van der Waals surface area contributed by atoms with Crippen molar-refractivity contribution in [2.24, 2.45) is 0 Å². The van der Waals surface area contributed by atoms with Crippen LogP contribution in [0.1, 0.15) is 0 Å². The third kappa shape index (κ3) is 2.50. The Balaban J connectivity index is 2.17. The van der Waals surface area contributed by atoms with Gasteiger partial charge in [-0.2, -0.15) is 0 Å². The van der Waals surface area contributed by atoms with Crippen LogP contribution in [0.5, 0.6) is 0 Å². The van der Waals surface area contributed by atoms with Crippen molar-refractivity contribution in [3.63, 3.8) is 0 Å². The Morgan fingerprint density at radius 3 is 2.48 bits per heavy atom. The Morgan fingerprint density at radius 2 is 1.81 bits per heavy atom. The number of nitrogens with two attached hydrogens (primary N) is 2. The Bertz CT molecular complexity index is 799. The van der Waals surface area contributed by atoms with Crippen molar-refractivity contribution in [1.29, 1.82) is 0 Å². The van der Waals surface area contributed by atoms with Gasteiger partial charge in [0.15, 0.2) is 11.6 Å². The summed E-state index contributed by atoms with van der Waals surface area (Å²) in [5.41, 5.74) is 8.48. The lowest BCUT2D eigenvalue weighted by Gasteiger charge is -2.03. The number of hydrogen-bond acceptors (Lipinski definition) is 3. The van der Waals surface area contributed by atoms with Gasteiger partial charge in [-0.3, -0.25) is 0 Å². The second-order valence-corrected chi connectivity index (χ2v) is 5.82. The molecule has 2 aromatic carbocycles. The Morgan fingerprint density at radius 1 is 1.10 bits per heavy atom. The van der Waals surface area contributed by atoms with E-state index in [2.05, 4.69) is 20.9 Å². The SMILES string of the molecule is Nc1c(-c2ccc(Cl)cc2Br)nc(-c2ccccc2)n1N. The van der Waals surface area contributed by atoms with Crippen LogP contribution in [-0.4, -0.2) is 9.66 Å². The van der Waals surface area contributed by atoms with Crippen LogP contribution in [0.4, 0.5) is 5.82 Å². The second-order valence-electron chi connectivity index (χ2n) is 4.53. The van der Waals surface area contributed by atoms with Crippen LogP contribution in [0.3, 0.4) is 0 Å². The first-order valence-electron chi connectivity index (χ1n) is 6.22. The fourth-order valence-corrected chi connectivity index (χ4v) is 2.99. The van der Waals surface area contributed by atoms with Gasteiger partial charge in [0.1, 0.15) is 5.69 Å². The number of nitrogens with zero attached hydrogens (tertiary/aromatic N) is 2. The number of hydrogen-bond donors (Lipinski definition) is 2. The first-order valence-corrected chi connectivity index (χ1v) is 7.39. The monoisotopic (exact) mass is 362 g/mol. The number of aromatic nitrogens is 2. The van der Waals surface area contributed by atoms with E-state index < -0.39 is 0 Å². The Kier molecular flexibility index (Phi) is 3.61. The molecule has 3 rings (SSSR count). The maximum absolute atomic E-state index is 6.10. The molecule has 106 valence electrons. The van der Waals surface area contributed by atoms with Crippen LogP contribution in [0.2, 0.25) is 5.02 Å². The van der Waals surface area contributed by atoms with Gasteiger partial charge in [-0.1, -0.05) is 63.9 Å². The third-order valence-electron chi connectivity index (χ3n) is 3.17. The summed E-state index contributed by atoms with van der Waals surface area (Å²) < 4.78 is 2.21. The molecule has 0 atom stereocenters. The van der Waals surface area contributed by atoms with Gasteiger partial charge >= 0.3 is 0 Å². The summed E-state index contributed by atoms with van der Waals surface area (Å²) in [6.07, 6.45) is 0. The number of rotatable bonds is 2. The average Bonchev–Trinajstić information content (AvgIpc) is 2.77. The standard InChI is InChI=1S/C15H12BrClN4/c16-12-8-10(17)6-7-11(12)13-14(18)21(19)15(20-13)9-4-2-1-3-5-9/h1-8H,18-19H2. The van der Waals surface area contributed by atoms with Crippen molar-refractivity contribution < 1.29 is 0 Å². The third-order valence-corrected chi connectivity index (χ3v) is 4.06. The van der Waals surface area contributed by atoms with Crippen molar-refractivity contribution in [3.05, 3.63) is 58.0 Å². The molecule has 0 fully saturated rings. The van der Waals surface area contributed by atoms with E-state index >= 15 is 0 Å². The van der Waals surface area contributed by atoms with Crippen molar-refractivity contribution in [1.82, 2.24) is 9.66 Å². The molecule has 4 N–H and O–H groups in total. The molecule has 0 aliphatic heterocycles. The van der Waals surface area contributed by atoms with Crippen LogP contribution in [0.25, 0.3) is 22.6 Å². The molecule has 1 heterocycles. The molecule has 0 aliphatic carbocycles. The maximum atomic E-state index is 6.10. The first-order chi connectivity index (χ1) is 10.1. The summed E-state index contributed by atoms with van der Waals surface area (Å²) in [7, 11) is 0. The summed E-state index contributed by atoms with van der Waals surface area (Å²) in [4.78, 5) is 4.58. The van der Waals surface area contributed by atoms with E-state index in [0.717, 1.165) is 15.6 Å². The highest BCUT2D eigenvalue weighted by atomic mass is 79.9. The number of imidazole rings is 1. The average molecular weight is 364 g/mol. The van der Waals surface area contributed by atoms with E-state index in [0.29, 0.717) is 22.4 Å². The molecule has 0 unspecified atom stereocenters. The summed E-state index contributed by atoms with van der Waals surface area (Å²) >= 11 is 9.44. The van der Waals surface area contributed by atoms with Gasteiger partial charge in [0.05, 0.1) is 0 Å². The molecular weight excluding hydrogens is 352 g/mol. The van der Waals surface area contributed by atoms with Crippen LogP contribution in [-0.2, 0) is 0 Å². The summed E-state index contributed by atoms with van der Waals surface area (Å²) in [6, 6.07) is 15.1. The first kappa shape index (κ1) is 14.0. The van der Waals surface area contributed by atoms with E-state index in [1.54, 1.807) is 12.1 Å². The lowest BCUT2D eigenvalue weighted by atomic mass is 10.1. The molecule has 0 amide bonds. The smallest absolute Gasteiger partial charge is 0.160 e. The molecule has 4 nitrogen and oxygen atoms in total. The highest BCUT2D eigenvalue weighted by Crippen LogP contribution is 2.35. The van der Waals surface area contributed by atoms with Gasteiger partial charge in [0.25, 0.3) is 0 Å². The van der Waals surface area contributed by atoms with E-state index in [9.17, 15) is 0 Å². The number of anilines is 1. The van der Waals surface area contributed by atoms with E-state index in [1.165, 1.54) is 4.68 Å². The van der Waals surface area contributed by atoms with Gasteiger partial charge in [-0.25, -0.2) is 9.66 Å². The van der Waals surface area contributed by atoms with Gasteiger partial charge in [0, 0.05) is 20.6 Å². The summed E-state index contributed by atoms with van der Waals surface area (Å²) in [5, 5.41) is 0.639. The molecule has 6 heteroatoms. The number of nitrogen functional groups attached to an aromatic ring is 2. The van der Waals surface area contributed by atoms with Crippen LogP contribution in [0, 0.1) is 0 Å². The Labute approximate surface area is 135 Å². The van der Waals surface area contributed by atoms with Crippen LogP contribution >= 0.6 is 27.5 Å². The highest BCUT2D eigenvalue weighted by Gasteiger charge is 2.17. The zero-order valence-corrected chi connectivity index (χ0v) is 13.3. The zero-order valence-electron chi connectivity index (χ0n) is 10.9. The topological polar surface area (TPSA) is 69.9 Å². The van der Waals surface area contributed by atoms with Gasteiger partial charge < -0.3 is 11.6 Å². The molecule has 0 saturated heterocycles. The van der Waals surface area contributed by atoms with Gasteiger partial charge in [-0.05, 0) is 12.1 Å². The summed E-state index contributed by atoms with van der Waals surface area (Å²) in [6.45, 7) is 0. The minimum atomic E-state index is 0.400. The zero-order chi connectivity index (χ0) is 15.0. The maximum Gasteiger partial charge on any atom is 0.160 e. The van der Waals surface area contributed by atoms with E-state index in [-0.39, 0.29) is 0 Å². The predicted octanol–water partition coefficient (Wildman–Crippen LogP) is 3.93. The minimum absolute atomic E-state index is 0.400. The van der Waals surface area contributed by atoms with Gasteiger partial charge in [0.2, 0.25) is 0 Å². The molecular formula is C15H12BrClN4. The molecule has 0 spiro atoms. The van der Waals surface area contributed by atoms with Crippen LogP contribution < -0.4 is 11.6 Å². The lowest BCUT2D eigenvalue weighted by molar-refractivity contribution is 1.02. The normalized spacial score (nSPS) is 10.8. The predicted molar refractivity (Wildman–Crippen MR) is 90.4 cm³/mol. The molecule has 0 saturated carbocycles. The van der Waals surface area contributed by atoms with Crippen LogP contribution in [0.15, 0.2) is 53.0 Å². The quantitative estimate of drug-likeness (QED) is 0.678. The number of halogens is 2. The molecule has 1 aromatic heterocycles. The second kappa shape index (κ2) is 5.42. The van der Waals surface area contributed by atoms with Crippen molar-refractivity contribution in [2.45, 2.75) is 0 Å². The molecule has 0 bridgehead atoms. The summed E-state index contributed by atoms with van der Waals surface area (Å²) in [5.74, 6) is 7.06. The fourth-order valence-electron chi connectivity index (χ4n) is 2.12. The molecule has 0 aliphatic rings. The minimum Gasteiger partial charge on any atom is -0.382 e.